The van der Waals surface area contributed by atoms with Gasteiger partial charge in [-0.3, -0.25) is 0 Å². The average molecular weight is 368 g/mol. The summed E-state index contributed by atoms with van der Waals surface area (Å²) in [5.74, 6) is 0.701. The molecule has 5 rings (SSSR count). The number of hydrogen-bond donors (Lipinski definition) is 1. The maximum Gasteiger partial charge on any atom is 0.0419 e. The normalized spacial score (nSPS) is 17.8. The van der Waals surface area contributed by atoms with Crippen molar-refractivity contribution < 1.29 is 0 Å². The van der Waals surface area contributed by atoms with E-state index in [-0.39, 0.29) is 5.41 Å². The molecule has 0 amide bonds. The lowest BCUT2D eigenvalue weighted by atomic mass is 9.82. The van der Waals surface area contributed by atoms with E-state index in [1.807, 2.05) is 0 Å². The minimum Gasteiger partial charge on any atom is -0.355 e. The third-order valence-corrected chi connectivity index (χ3v) is 6.87. The van der Waals surface area contributed by atoms with Gasteiger partial charge in [0.1, 0.15) is 0 Å². The molecule has 0 radical (unpaired) electrons. The minimum atomic E-state index is 0.0481. The zero-order chi connectivity index (χ0) is 19.1. The molecule has 142 valence electrons. The lowest BCUT2D eigenvalue weighted by molar-refractivity contribution is 0.444. The van der Waals surface area contributed by atoms with Gasteiger partial charge < -0.3 is 5.32 Å². The van der Waals surface area contributed by atoms with Crippen LogP contribution in [-0.2, 0) is 5.41 Å². The fourth-order valence-electron chi connectivity index (χ4n) is 5.32. The number of para-hydroxylation sites is 1. The van der Waals surface area contributed by atoms with Gasteiger partial charge in [0.25, 0.3) is 0 Å². The maximum atomic E-state index is 3.76. The molecule has 0 bridgehead atoms. The van der Waals surface area contributed by atoms with Gasteiger partial charge in [0, 0.05) is 16.8 Å². The van der Waals surface area contributed by atoms with Crippen molar-refractivity contribution in [2.75, 3.05) is 5.32 Å². The highest BCUT2D eigenvalue weighted by molar-refractivity contribution is 5.83. The van der Waals surface area contributed by atoms with Crippen LogP contribution in [0.1, 0.15) is 68.6 Å². The van der Waals surface area contributed by atoms with Crippen molar-refractivity contribution in [3.63, 3.8) is 0 Å². The number of hydrogen-bond acceptors (Lipinski definition) is 1. The van der Waals surface area contributed by atoms with E-state index in [0.717, 1.165) is 0 Å². The van der Waals surface area contributed by atoms with Crippen LogP contribution < -0.4 is 5.32 Å². The largest absolute Gasteiger partial charge is 0.355 e. The summed E-state index contributed by atoms with van der Waals surface area (Å²) >= 11 is 0. The van der Waals surface area contributed by atoms with Gasteiger partial charge in [-0.25, -0.2) is 0 Å². The standard InChI is InChI=1S/C27H29N/c1-27(2)24-14-8-6-13-22(24)23-17-16-20(18-25(23)27)28-26-15-9-7-12-21(26)19-10-4-3-5-11-19/h6-9,12-19,28H,3-5,10-11H2,1-2H3. The van der Waals surface area contributed by atoms with E-state index in [4.69, 9.17) is 0 Å². The molecule has 1 nitrogen and oxygen atoms in total. The molecule has 1 fully saturated rings. The summed E-state index contributed by atoms with van der Waals surface area (Å²) in [6.07, 6.45) is 6.78. The Balaban J connectivity index is 1.50. The Morgan fingerprint density at radius 1 is 0.750 bits per heavy atom. The monoisotopic (exact) mass is 367 g/mol. The highest BCUT2D eigenvalue weighted by Gasteiger charge is 2.35. The first-order valence-electron chi connectivity index (χ1n) is 10.7. The summed E-state index contributed by atoms with van der Waals surface area (Å²) in [5.41, 5.74) is 9.64. The molecule has 0 unspecified atom stereocenters. The Labute approximate surface area is 168 Å². The van der Waals surface area contributed by atoms with Crippen molar-refractivity contribution in [1.29, 1.82) is 0 Å². The summed E-state index contributed by atoms with van der Waals surface area (Å²) in [6.45, 7) is 4.69. The molecule has 3 aromatic carbocycles. The van der Waals surface area contributed by atoms with E-state index in [0.29, 0.717) is 5.92 Å². The maximum absolute atomic E-state index is 3.76. The van der Waals surface area contributed by atoms with Crippen LogP contribution in [0.3, 0.4) is 0 Å². The van der Waals surface area contributed by atoms with Gasteiger partial charge in [-0.05, 0) is 64.8 Å². The predicted octanol–water partition coefficient (Wildman–Crippen LogP) is 7.78. The molecular weight excluding hydrogens is 338 g/mol. The fourth-order valence-corrected chi connectivity index (χ4v) is 5.32. The number of anilines is 2. The molecule has 1 saturated carbocycles. The third-order valence-electron chi connectivity index (χ3n) is 6.87. The van der Waals surface area contributed by atoms with Gasteiger partial charge >= 0.3 is 0 Å². The van der Waals surface area contributed by atoms with Crippen molar-refractivity contribution >= 4 is 11.4 Å². The third kappa shape index (κ3) is 2.85. The first-order chi connectivity index (χ1) is 13.6. The van der Waals surface area contributed by atoms with E-state index in [9.17, 15) is 0 Å². The smallest absolute Gasteiger partial charge is 0.0419 e. The zero-order valence-electron chi connectivity index (χ0n) is 17.0. The summed E-state index contributed by atoms with van der Waals surface area (Å²) in [7, 11) is 0. The van der Waals surface area contributed by atoms with Crippen LogP contribution in [0.4, 0.5) is 11.4 Å². The van der Waals surface area contributed by atoms with Crippen molar-refractivity contribution in [3.05, 3.63) is 83.4 Å². The van der Waals surface area contributed by atoms with Crippen molar-refractivity contribution in [1.82, 2.24) is 0 Å². The highest BCUT2D eigenvalue weighted by atomic mass is 14.9. The molecule has 0 aromatic heterocycles. The molecule has 2 aliphatic carbocycles. The van der Waals surface area contributed by atoms with Crippen LogP contribution in [0.2, 0.25) is 0 Å². The Kier molecular flexibility index (Phi) is 4.27. The summed E-state index contributed by atoms with van der Waals surface area (Å²) < 4.78 is 0. The Morgan fingerprint density at radius 2 is 1.46 bits per heavy atom. The number of fused-ring (bicyclic) bond motifs is 3. The first kappa shape index (κ1) is 17.6. The number of benzene rings is 3. The second-order valence-electron chi connectivity index (χ2n) is 8.98. The molecule has 0 atom stereocenters. The molecule has 0 heterocycles. The molecule has 0 saturated heterocycles. The Hall–Kier alpha value is -2.54. The predicted molar refractivity (Wildman–Crippen MR) is 120 cm³/mol. The first-order valence-corrected chi connectivity index (χ1v) is 10.7. The van der Waals surface area contributed by atoms with E-state index in [1.165, 1.54) is 71.3 Å². The van der Waals surface area contributed by atoms with E-state index in [1.54, 1.807) is 0 Å². The van der Waals surface area contributed by atoms with Crippen LogP contribution in [0.25, 0.3) is 11.1 Å². The van der Waals surface area contributed by atoms with Crippen molar-refractivity contribution in [2.24, 2.45) is 0 Å². The molecule has 3 aromatic rings. The number of nitrogens with one attached hydrogen (secondary N) is 1. The second kappa shape index (κ2) is 6.81. The summed E-state index contributed by atoms with van der Waals surface area (Å²) in [6, 6.07) is 24.7. The fraction of sp³-hybridized carbons (Fsp3) is 0.333. The Bertz CT molecular complexity index is 1010. The van der Waals surface area contributed by atoms with Gasteiger partial charge in [-0.15, -0.1) is 0 Å². The van der Waals surface area contributed by atoms with Gasteiger partial charge in [-0.1, -0.05) is 81.6 Å². The van der Waals surface area contributed by atoms with Gasteiger partial charge in [0.15, 0.2) is 0 Å². The zero-order valence-corrected chi connectivity index (χ0v) is 17.0. The summed E-state index contributed by atoms with van der Waals surface area (Å²) in [5, 5.41) is 3.76. The average Bonchev–Trinajstić information content (AvgIpc) is 2.96. The molecule has 28 heavy (non-hydrogen) atoms. The van der Waals surface area contributed by atoms with E-state index < -0.39 is 0 Å². The molecule has 1 heteroatoms. The van der Waals surface area contributed by atoms with Crippen LogP contribution in [0.5, 0.6) is 0 Å². The SMILES string of the molecule is CC1(C)c2ccccc2-c2ccc(Nc3ccccc3C3CCCCC3)cc21. The lowest BCUT2D eigenvalue weighted by Gasteiger charge is -2.25. The molecule has 2 aliphatic rings. The second-order valence-corrected chi connectivity index (χ2v) is 8.98. The van der Waals surface area contributed by atoms with Gasteiger partial charge in [0.05, 0.1) is 0 Å². The van der Waals surface area contributed by atoms with Crippen molar-refractivity contribution in [2.45, 2.75) is 57.3 Å². The van der Waals surface area contributed by atoms with Gasteiger partial charge in [-0.2, -0.15) is 0 Å². The Morgan fingerprint density at radius 3 is 2.32 bits per heavy atom. The van der Waals surface area contributed by atoms with E-state index in [2.05, 4.69) is 85.9 Å². The quantitative estimate of drug-likeness (QED) is 0.498. The van der Waals surface area contributed by atoms with Crippen molar-refractivity contribution in [3.8, 4) is 11.1 Å². The number of rotatable bonds is 3. The van der Waals surface area contributed by atoms with Crippen LogP contribution in [-0.4, -0.2) is 0 Å². The van der Waals surface area contributed by atoms with Gasteiger partial charge in [0.2, 0.25) is 0 Å². The highest BCUT2D eigenvalue weighted by Crippen LogP contribution is 2.49. The minimum absolute atomic E-state index is 0.0481. The van der Waals surface area contributed by atoms with Crippen LogP contribution in [0.15, 0.2) is 66.7 Å². The van der Waals surface area contributed by atoms with Crippen LogP contribution >= 0.6 is 0 Å². The molecule has 0 spiro atoms. The lowest BCUT2D eigenvalue weighted by Crippen LogP contribution is -2.15. The molecular formula is C27H29N. The summed E-state index contributed by atoms with van der Waals surface area (Å²) in [4.78, 5) is 0. The van der Waals surface area contributed by atoms with E-state index >= 15 is 0 Å². The van der Waals surface area contributed by atoms with Crippen LogP contribution in [0, 0.1) is 0 Å². The molecule has 1 N–H and O–H groups in total. The molecule has 0 aliphatic heterocycles. The topological polar surface area (TPSA) is 12.0 Å².